The van der Waals surface area contributed by atoms with Crippen LogP contribution in [0.5, 0.6) is 5.75 Å². The number of furan rings is 1. The fourth-order valence-electron chi connectivity index (χ4n) is 2.78. The number of halogens is 5. The van der Waals surface area contributed by atoms with Crippen molar-refractivity contribution >= 4 is 75.5 Å². The van der Waals surface area contributed by atoms with Crippen molar-refractivity contribution in [2.75, 3.05) is 11.9 Å². The Balaban J connectivity index is 1.73. The third kappa shape index (κ3) is 5.75. The van der Waals surface area contributed by atoms with Crippen molar-refractivity contribution in [3.8, 4) is 5.75 Å². The zero-order valence-corrected chi connectivity index (χ0v) is 21.8. The normalized spacial score (nSPS) is 10.9. The highest BCUT2D eigenvalue weighted by molar-refractivity contribution is 6.55. The number of carbonyl (C=O) groups excluding carboxylic acids is 2. The second kappa shape index (κ2) is 11.6. The maximum atomic E-state index is 12.7. The molecular formula is C21H19Cl5N4O4. The van der Waals surface area contributed by atoms with Crippen LogP contribution in [0, 0.1) is 0 Å². The van der Waals surface area contributed by atoms with Crippen molar-refractivity contribution in [1.82, 2.24) is 15.1 Å². The summed E-state index contributed by atoms with van der Waals surface area (Å²) in [6, 6.07) is 3.00. The maximum Gasteiger partial charge on any atom is 0.291 e. The SMILES string of the molecule is CCCNC(=O)c1nn(CC)cc1NC(=O)c1ccc(COc2c(Cl)c(Cl)c(Cl)c(Cl)c2Cl)o1. The van der Waals surface area contributed by atoms with Crippen LogP contribution in [0.15, 0.2) is 22.7 Å². The molecule has 0 radical (unpaired) electrons. The molecule has 2 heterocycles. The van der Waals surface area contributed by atoms with E-state index in [-0.39, 0.29) is 60.5 Å². The minimum Gasteiger partial charge on any atom is -0.482 e. The number of carbonyl (C=O) groups is 2. The van der Waals surface area contributed by atoms with E-state index in [1.807, 2.05) is 13.8 Å². The van der Waals surface area contributed by atoms with Crippen LogP contribution in [0.2, 0.25) is 25.1 Å². The van der Waals surface area contributed by atoms with Crippen LogP contribution in [-0.4, -0.2) is 28.1 Å². The molecule has 0 saturated carbocycles. The minimum atomic E-state index is -0.569. The number of nitrogens with zero attached hydrogens (tertiary/aromatic N) is 2. The van der Waals surface area contributed by atoms with Gasteiger partial charge in [0, 0.05) is 19.3 Å². The van der Waals surface area contributed by atoms with Gasteiger partial charge in [-0.2, -0.15) is 5.10 Å². The van der Waals surface area contributed by atoms with Gasteiger partial charge in [0.1, 0.15) is 22.4 Å². The summed E-state index contributed by atoms with van der Waals surface area (Å²) in [4.78, 5) is 25.1. The van der Waals surface area contributed by atoms with Gasteiger partial charge in [-0.25, -0.2) is 0 Å². The van der Waals surface area contributed by atoms with Gasteiger partial charge in [0.25, 0.3) is 11.8 Å². The van der Waals surface area contributed by atoms with Crippen LogP contribution in [0.25, 0.3) is 0 Å². The van der Waals surface area contributed by atoms with Crippen LogP contribution in [0.4, 0.5) is 5.69 Å². The van der Waals surface area contributed by atoms with Crippen LogP contribution in [-0.2, 0) is 13.2 Å². The Morgan fingerprint density at radius 1 is 1.00 bits per heavy atom. The summed E-state index contributed by atoms with van der Waals surface area (Å²) in [5.41, 5.74) is 0.373. The largest absolute Gasteiger partial charge is 0.482 e. The third-order valence-corrected chi connectivity index (χ3v) is 6.74. The van der Waals surface area contributed by atoms with Gasteiger partial charge in [0.05, 0.1) is 20.8 Å². The number of amides is 2. The number of rotatable bonds is 9. The van der Waals surface area contributed by atoms with Crippen LogP contribution < -0.4 is 15.4 Å². The molecule has 3 rings (SSSR count). The van der Waals surface area contributed by atoms with E-state index in [4.69, 9.17) is 67.2 Å². The van der Waals surface area contributed by atoms with Gasteiger partial charge in [-0.1, -0.05) is 64.9 Å². The lowest BCUT2D eigenvalue weighted by Crippen LogP contribution is -2.26. The molecule has 34 heavy (non-hydrogen) atoms. The van der Waals surface area contributed by atoms with Crippen LogP contribution in [0.1, 0.15) is 47.1 Å². The van der Waals surface area contributed by atoms with Crippen molar-refractivity contribution in [1.29, 1.82) is 0 Å². The number of aromatic nitrogens is 2. The van der Waals surface area contributed by atoms with Crippen LogP contribution >= 0.6 is 58.0 Å². The van der Waals surface area contributed by atoms with Gasteiger partial charge in [0.15, 0.2) is 17.2 Å². The molecule has 0 bridgehead atoms. The van der Waals surface area contributed by atoms with E-state index in [9.17, 15) is 9.59 Å². The van der Waals surface area contributed by atoms with Gasteiger partial charge >= 0.3 is 0 Å². The monoisotopic (exact) mass is 566 g/mol. The molecule has 0 aliphatic carbocycles. The van der Waals surface area contributed by atoms with E-state index in [1.165, 1.54) is 6.07 Å². The lowest BCUT2D eigenvalue weighted by Gasteiger charge is -2.12. The van der Waals surface area contributed by atoms with Crippen molar-refractivity contribution in [3.05, 3.63) is 60.7 Å². The summed E-state index contributed by atoms with van der Waals surface area (Å²) in [6.07, 6.45) is 2.34. The molecule has 8 nitrogen and oxygen atoms in total. The van der Waals surface area contributed by atoms with Gasteiger partial charge in [-0.05, 0) is 25.5 Å². The number of aryl methyl sites for hydroxylation is 1. The standard InChI is InChI=1S/C21H19Cl5N4O4/c1-3-7-27-21(32)18-11(8-30(4-2)29-18)28-20(31)12-6-5-10(34-12)9-33-19-16(25)14(23)13(22)15(24)17(19)26/h5-6,8H,3-4,7,9H2,1-2H3,(H,27,32)(H,28,31). The first-order valence-corrected chi connectivity index (χ1v) is 12.0. The first-order valence-electron chi connectivity index (χ1n) is 10.1. The van der Waals surface area contributed by atoms with Gasteiger partial charge in [-0.15, -0.1) is 0 Å². The summed E-state index contributed by atoms with van der Waals surface area (Å²) in [5.74, 6) is -0.636. The molecule has 0 fully saturated rings. The highest BCUT2D eigenvalue weighted by atomic mass is 35.5. The molecule has 13 heteroatoms. The molecule has 0 saturated heterocycles. The molecule has 1 aromatic carbocycles. The molecule has 0 spiro atoms. The topological polar surface area (TPSA) is 98.4 Å². The number of ether oxygens (including phenoxy) is 1. The average Bonchev–Trinajstić information content (AvgIpc) is 3.47. The van der Waals surface area contributed by atoms with Crippen molar-refractivity contribution in [2.24, 2.45) is 0 Å². The van der Waals surface area contributed by atoms with E-state index >= 15 is 0 Å². The van der Waals surface area contributed by atoms with Crippen LogP contribution in [0.3, 0.4) is 0 Å². The fraction of sp³-hybridized carbons (Fsp3) is 0.286. The number of hydrogen-bond donors (Lipinski definition) is 2. The first-order chi connectivity index (χ1) is 16.2. The first kappa shape index (κ1) is 26.5. The Labute approximate surface area is 220 Å². The summed E-state index contributed by atoms with van der Waals surface area (Å²) in [6.45, 7) is 4.69. The Morgan fingerprint density at radius 2 is 1.65 bits per heavy atom. The van der Waals surface area contributed by atoms with E-state index in [0.29, 0.717) is 18.8 Å². The lowest BCUT2D eigenvalue weighted by atomic mass is 10.3. The molecule has 2 aromatic heterocycles. The predicted molar refractivity (Wildman–Crippen MR) is 133 cm³/mol. The molecule has 0 atom stereocenters. The molecule has 0 aliphatic rings. The number of anilines is 1. The Morgan fingerprint density at radius 3 is 2.26 bits per heavy atom. The molecule has 2 amide bonds. The van der Waals surface area contributed by atoms with E-state index < -0.39 is 5.91 Å². The summed E-state index contributed by atoms with van der Waals surface area (Å²) in [7, 11) is 0. The summed E-state index contributed by atoms with van der Waals surface area (Å²) < 4.78 is 12.7. The third-order valence-electron chi connectivity index (χ3n) is 4.50. The molecule has 0 unspecified atom stereocenters. The molecule has 3 aromatic rings. The van der Waals surface area contributed by atoms with E-state index in [0.717, 1.165) is 6.42 Å². The average molecular weight is 569 g/mol. The quantitative estimate of drug-likeness (QED) is 0.220. The zero-order valence-electron chi connectivity index (χ0n) is 18.0. The molecule has 0 aliphatic heterocycles. The van der Waals surface area contributed by atoms with Crippen molar-refractivity contribution in [2.45, 2.75) is 33.4 Å². The fourth-order valence-corrected chi connectivity index (χ4v) is 4.01. The molecule has 2 N–H and O–H groups in total. The second-order valence-electron chi connectivity index (χ2n) is 6.91. The van der Waals surface area contributed by atoms with Crippen molar-refractivity contribution < 1.29 is 18.7 Å². The number of nitrogens with one attached hydrogen (secondary N) is 2. The maximum absolute atomic E-state index is 12.7. The summed E-state index contributed by atoms with van der Waals surface area (Å²) >= 11 is 30.4. The molecule has 182 valence electrons. The zero-order chi connectivity index (χ0) is 25.0. The summed E-state index contributed by atoms with van der Waals surface area (Å²) in [5, 5.41) is 9.61. The Kier molecular flexibility index (Phi) is 9.01. The highest BCUT2D eigenvalue weighted by Crippen LogP contribution is 2.48. The van der Waals surface area contributed by atoms with Gasteiger partial charge in [-0.3, -0.25) is 14.3 Å². The molecular weight excluding hydrogens is 550 g/mol. The van der Waals surface area contributed by atoms with Gasteiger partial charge in [0.2, 0.25) is 0 Å². The smallest absolute Gasteiger partial charge is 0.291 e. The van der Waals surface area contributed by atoms with E-state index in [2.05, 4.69) is 15.7 Å². The van der Waals surface area contributed by atoms with Crippen molar-refractivity contribution in [3.63, 3.8) is 0 Å². The second-order valence-corrected chi connectivity index (χ2v) is 8.80. The number of hydrogen-bond acceptors (Lipinski definition) is 5. The Bertz CT molecular complexity index is 1200. The minimum absolute atomic E-state index is 0.00125. The highest BCUT2D eigenvalue weighted by Gasteiger charge is 2.22. The lowest BCUT2D eigenvalue weighted by molar-refractivity contribution is 0.0948. The van der Waals surface area contributed by atoms with Gasteiger partial charge < -0.3 is 19.8 Å². The predicted octanol–water partition coefficient (Wildman–Crippen LogP) is 6.73. The number of benzene rings is 1. The van der Waals surface area contributed by atoms with E-state index in [1.54, 1.807) is 16.9 Å². The Hall–Kier alpha value is -2.10.